The lowest BCUT2D eigenvalue weighted by molar-refractivity contribution is 0.0216. The maximum Gasteiger partial charge on any atom is 0.410 e. The highest BCUT2D eigenvalue weighted by Gasteiger charge is 2.43. The number of hydrogen-bond donors (Lipinski definition) is 2. The molecule has 0 spiro atoms. The van der Waals surface area contributed by atoms with Gasteiger partial charge in [-0.1, -0.05) is 24.1 Å². The van der Waals surface area contributed by atoms with Crippen molar-refractivity contribution >= 4 is 23.7 Å². The van der Waals surface area contributed by atoms with Crippen molar-refractivity contribution in [2.24, 2.45) is 10.9 Å². The van der Waals surface area contributed by atoms with Crippen molar-refractivity contribution in [1.82, 2.24) is 25.1 Å². The van der Waals surface area contributed by atoms with E-state index in [1.807, 2.05) is 46.4 Å². The maximum atomic E-state index is 13.2. The van der Waals surface area contributed by atoms with Crippen LogP contribution in [0.1, 0.15) is 140 Å². The van der Waals surface area contributed by atoms with Crippen molar-refractivity contribution in [3.63, 3.8) is 0 Å². The number of amidine groups is 1. The molecule has 10 heteroatoms. The molecule has 2 aliphatic carbocycles. The highest BCUT2D eigenvalue weighted by Crippen LogP contribution is 2.54. The Kier molecular flexibility index (Phi) is 8.86. The van der Waals surface area contributed by atoms with Gasteiger partial charge in [-0.3, -0.25) is 9.80 Å². The van der Waals surface area contributed by atoms with Crippen LogP contribution in [0.2, 0.25) is 0 Å². The van der Waals surface area contributed by atoms with E-state index >= 15 is 0 Å². The van der Waals surface area contributed by atoms with Crippen LogP contribution in [0.5, 0.6) is 0 Å². The zero-order valence-corrected chi connectivity index (χ0v) is 33.1. The Hall–Kier alpha value is -4.78. The fourth-order valence-electron chi connectivity index (χ4n) is 9.05. The number of fused-ring (bicyclic) bond motifs is 4. The number of aromatic nitrogens is 2. The number of rotatable bonds is 3. The minimum absolute atomic E-state index is 0.143. The number of hydrogen-bond acceptors (Lipinski definition) is 7. The Labute approximate surface area is 319 Å². The normalized spacial score (nSPS) is 24.0. The molecule has 54 heavy (non-hydrogen) atoms. The van der Waals surface area contributed by atoms with E-state index in [1.165, 1.54) is 29.5 Å². The minimum Gasteiger partial charge on any atom is -0.444 e. The van der Waals surface area contributed by atoms with E-state index in [-0.39, 0.29) is 29.8 Å². The highest BCUT2D eigenvalue weighted by atomic mass is 16.6. The van der Waals surface area contributed by atoms with Crippen molar-refractivity contribution in [3.8, 4) is 23.0 Å². The summed E-state index contributed by atoms with van der Waals surface area (Å²) in [5.41, 5.74) is 7.67. The van der Waals surface area contributed by atoms with E-state index < -0.39 is 11.2 Å². The van der Waals surface area contributed by atoms with Gasteiger partial charge in [0.1, 0.15) is 28.6 Å². The van der Waals surface area contributed by atoms with Crippen LogP contribution in [0.4, 0.5) is 15.3 Å². The highest BCUT2D eigenvalue weighted by molar-refractivity contribution is 5.95. The van der Waals surface area contributed by atoms with Gasteiger partial charge in [-0.05, 0) is 152 Å². The van der Waals surface area contributed by atoms with E-state index in [0.717, 1.165) is 71.8 Å². The summed E-state index contributed by atoms with van der Waals surface area (Å²) in [5, 5.41) is 3.68. The molecule has 0 bridgehead atoms. The summed E-state index contributed by atoms with van der Waals surface area (Å²) in [6, 6.07) is 10.8. The molecular formula is C44H54N6O4. The number of imidazole rings is 1. The van der Waals surface area contributed by atoms with Crippen molar-refractivity contribution in [2.45, 2.75) is 135 Å². The lowest BCUT2D eigenvalue weighted by atomic mass is 9.73. The van der Waals surface area contributed by atoms with Crippen LogP contribution in [-0.4, -0.2) is 68.1 Å². The monoisotopic (exact) mass is 730 g/mol. The first-order chi connectivity index (χ1) is 25.5. The molecule has 10 nitrogen and oxygen atoms in total. The number of amides is 2. The summed E-state index contributed by atoms with van der Waals surface area (Å²) in [6.07, 6.45) is 8.21. The number of carbonyl (C=O) groups is 2. The molecule has 2 amide bonds. The molecule has 8 rings (SSSR count). The molecule has 3 fully saturated rings. The number of H-pyrrole nitrogens is 1. The standard InChI is InChI=1S/C44H54N6O4/c1-42(2,3)53-40(51)49-21-9-11-35(49)38-45-25-29(46-38)17-13-26-14-18-30(32-23-27-15-19-31(27)37(26)32)28-16-20-33-34(24-28)47-39(48-44(33,7)8)36-12-10-22-50(36)41(52)54-43(4,5)6/h14,16,18,20,24-25,27,31,35-36H,9-12,15,19,21-23H2,1-8H3,(H,45,46)(H,47,48)/t27?,31?,35-,36-/m0/s1. The molecular weight excluding hydrogens is 677 g/mol. The first-order valence-corrected chi connectivity index (χ1v) is 19.8. The molecule has 3 aliphatic heterocycles. The van der Waals surface area contributed by atoms with Crippen molar-refractivity contribution in [1.29, 1.82) is 0 Å². The second-order valence-electron chi connectivity index (χ2n) is 18.3. The summed E-state index contributed by atoms with van der Waals surface area (Å²) < 4.78 is 11.4. The summed E-state index contributed by atoms with van der Waals surface area (Å²) in [7, 11) is 0. The molecule has 1 aromatic heterocycles. The molecule has 284 valence electrons. The number of carbonyl (C=O) groups excluding carboxylic acids is 2. The topological polar surface area (TPSA) is 112 Å². The van der Waals surface area contributed by atoms with Gasteiger partial charge < -0.3 is 19.8 Å². The summed E-state index contributed by atoms with van der Waals surface area (Å²) in [6.45, 7) is 17.1. The minimum atomic E-state index is -0.557. The van der Waals surface area contributed by atoms with Crippen LogP contribution in [0, 0.1) is 17.8 Å². The molecule has 2 saturated heterocycles. The molecule has 4 heterocycles. The van der Waals surface area contributed by atoms with Crippen LogP contribution in [0.15, 0.2) is 41.5 Å². The number of nitrogens with one attached hydrogen (secondary N) is 2. The molecule has 0 radical (unpaired) electrons. The van der Waals surface area contributed by atoms with Gasteiger partial charge in [0.2, 0.25) is 0 Å². The predicted octanol–water partition coefficient (Wildman–Crippen LogP) is 8.87. The van der Waals surface area contributed by atoms with Crippen molar-refractivity contribution < 1.29 is 19.1 Å². The van der Waals surface area contributed by atoms with Gasteiger partial charge in [0.05, 0.1) is 29.5 Å². The Balaban J connectivity index is 1.08. The quantitative estimate of drug-likeness (QED) is 0.261. The van der Waals surface area contributed by atoms with Crippen molar-refractivity contribution in [2.75, 3.05) is 13.1 Å². The van der Waals surface area contributed by atoms with Gasteiger partial charge in [0, 0.05) is 24.2 Å². The average molecular weight is 731 g/mol. The number of benzene rings is 2. The first kappa shape index (κ1) is 36.2. The third kappa shape index (κ3) is 6.86. The van der Waals surface area contributed by atoms with E-state index in [9.17, 15) is 9.59 Å². The fraction of sp³-hybridized carbons (Fsp3) is 0.545. The zero-order chi connectivity index (χ0) is 38.2. The molecule has 1 saturated carbocycles. The number of ether oxygens (including phenoxy) is 2. The van der Waals surface area contributed by atoms with Crippen LogP contribution in [0.25, 0.3) is 11.1 Å². The third-order valence-electron chi connectivity index (χ3n) is 11.6. The number of aromatic amines is 1. The summed E-state index contributed by atoms with van der Waals surface area (Å²) in [4.78, 5) is 43.0. The molecule has 5 aliphatic rings. The summed E-state index contributed by atoms with van der Waals surface area (Å²) >= 11 is 0. The smallest absolute Gasteiger partial charge is 0.410 e. The van der Waals surface area contributed by atoms with Crippen LogP contribution >= 0.6 is 0 Å². The third-order valence-corrected chi connectivity index (χ3v) is 11.6. The Morgan fingerprint density at radius 2 is 1.56 bits per heavy atom. The van der Waals surface area contributed by atoms with Gasteiger partial charge in [-0.25, -0.2) is 19.6 Å². The second kappa shape index (κ2) is 13.2. The van der Waals surface area contributed by atoms with Gasteiger partial charge in [0.15, 0.2) is 0 Å². The van der Waals surface area contributed by atoms with Crippen LogP contribution in [-0.2, 0) is 21.4 Å². The van der Waals surface area contributed by atoms with Gasteiger partial charge in [0.25, 0.3) is 0 Å². The average Bonchev–Trinajstić information content (AvgIpc) is 3.88. The Morgan fingerprint density at radius 3 is 2.22 bits per heavy atom. The van der Waals surface area contributed by atoms with Crippen LogP contribution in [0.3, 0.4) is 0 Å². The Bertz CT molecular complexity index is 2090. The van der Waals surface area contributed by atoms with E-state index in [4.69, 9.17) is 14.5 Å². The molecule has 3 aromatic rings. The second-order valence-corrected chi connectivity index (χ2v) is 18.3. The molecule has 4 atom stereocenters. The lowest BCUT2D eigenvalue weighted by Gasteiger charge is -2.38. The van der Waals surface area contributed by atoms with E-state index in [0.29, 0.717) is 24.9 Å². The summed E-state index contributed by atoms with van der Waals surface area (Å²) in [5.74, 6) is 9.67. The number of nitrogens with zero attached hydrogens (tertiary/aromatic N) is 4. The van der Waals surface area contributed by atoms with Gasteiger partial charge in [-0.15, -0.1) is 0 Å². The predicted molar refractivity (Wildman–Crippen MR) is 210 cm³/mol. The van der Waals surface area contributed by atoms with Gasteiger partial charge >= 0.3 is 12.2 Å². The maximum absolute atomic E-state index is 13.2. The number of likely N-dealkylation sites (tertiary alicyclic amines) is 2. The zero-order valence-electron chi connectivity index (χ0n) is 33.1. The molecule has 2 aromatic carbocycles. The largest absolute Gasteiger partial charge is 0.444 e. The van der Waals surface area contributed by atoms with Gasteiger partial charge in [-0.2, -0.15) is 0 Å². The van der Waals surface area contributed by atoms with Crippen molar-refractivity contribution in [3.05, 3.63) is 70.3 Å². The van der Waals surface area contributed by atoms with Crippen LogP contribution < -0.4 is 5.32 Å². The molecule has 2 N–H and O–H groups in total. The SMILES string of the molecule is CC(C)(C)OC(=O)N1CCC[C@H]1C1=Nc2cc(-c3ccc(C#Cc4cnc([C@@H]5CCCN5C(=O)OC(C)(C)C)[nH]4)c4c3CC3CCC43)ccc2C(C)(C)N1. The van der Waals surface area contributed by atoms with E-state index in [2.05, 4.69) is 71.3 Å². The van der Waals surface area contributed by atoms with E-state index in [1.54, 1.807) is 11.1 Å². The molecule has 2 unspecified atom stereocenters. The fourth-order valence-corrected chi connectivity index (χ4v) is 9.05. The number of aliphatic imine (C=N–C) groups is 1. The lowest BCUT2D eigenvalue weighted by Crippen LogP contribution is -2.53. The first-order valence-electron chi connectivity index (χ1n) is 19.8. The Morgan fingerprint density at radius 1 is 0.870 bits per heavy atom.